The van der Waals surface area contributed by atoms with Gasteiger partial charge in [0.1, 0.15) is 17.7 Å². The Morgan fingerprint density at radius 2 is 1.77 bits per heavy atom. The smallest absolute Gasteiger partial charge is 0.408 e. The van der Waals surface area contributed by atoms with Gasteiger partial charge in [-0.05, 0) is 66.2 Å². The van der Waals surface area contributed by atoms with Crippen LogP contribution in [0, 0.1) is 11.8 Å². The van der Waals surface area contributed by atoms with Crippen LogP contribution in [0.4, 0.5) is 4.79 Å². The fraction of sp³-hybridized carbons (Fsp3) is 0.810. The summed E-state index contributed by atoms with van der Waals surface area (Å²) in [5.74, 6) is -2.14. The Morgan fingerprint density at radius 1 is 1.13 bits per heavy atom. The number of ether oxygens (including phenoxy) is 1. The van der Waals surface area contributed by atoms with Gasteiger partial charge in [0.15, 0.2) is 0 Å². The third kappa shape index (κ3) is 7.84. The summed E-state index contributed by atoms with van der Waals surface area (Å²) in [5, 5.41) is 17.6. The lowest BCUT2D eigenvalue weighted by Crippen LogP contribution is -2.55. The molecule has 0 aromatic carbocycles. The highest BCUT2D eigenvalue weighted by atomic mass is 16.6. The second kappa shape index (κ2) is 9.22. The number of carbonyl (C=O) groups is 4. The predicted molar refractivity (Wildman–Crippen MR) is 110 cm³/mol. The van der Waals surface area contributed by atoms with Crippen molar-refractivity contribution in [3.05, 3.63) is 0 Å². The van der Waals surface area contributed by atoms with Crippen LogP contribution in [-0.2, 0) is 19.1 Å². The van der Waals surface area contributed by atoms with E-state index in [1.165, 1.54) is 0 Å². The van der Waals surface area contributed by atoms with E-state index in [1.54, 1.807) is 20.8 Å². The number of alkyl carbamates (subject to hydrolysis) is 1. The number of carbonyl (C=O) groups excluding carboxylic acids is 3. The summed E-state index contributed by atoms with van der Waals surface area (Å²) in [6.07, 6.45) is 2.94. The molecule has 1 aliphatic carbocycles. The zero-order valence-electron chi connectivity index (χ0n) is 18.5. The predicted octanol–water partition coefficient (Wildman–Crippen LogP) is 1.94. The first-order valence-electron chi connectivity index (χ1n) is 10.6. The molecule has 2 aliphatic rings. The lowest BCUT2D eigenvalue weighted by Gasteiger charge is -2.36. The Morgan fingerprint density at radius 3 is 2.27 bits per heavy atom. The zero-order chi connectivity index (χ0) is 22.7. The van der Waals surface area contributed by atoms with Gasteiger partial charge in [-0.3, -0.25) is 9.59 Å². The van der Waals surface area contributed by atoms with Crippen LogP contribution >= 0.6 is 0 Å². The molecule has 0 radical (unpaired) electrons. The number of carboxylic acids is 1. The van der Waals surface area contributed by atoms with Crippen LogP contribution < -0.4 is 16.0 Å². The van der Waals surface area contributed by atoms with Gasteiger partial charge in [0.25, 0.3) is 0 Å². The number of rotatable bonds is 8. The Kier molecular flexibility index (Phi) is 7.36. The average molecular weight is 426 g/mol. The molecule has 2 rings (SSSR count). The van der Waals surface area contributed by atoms with Crippen molar-refractivity contribution in [2.75, 3.05) is 0 Å². The van der Waals surface area contributed by atoms with Gasteiger partial charge in [-0.2, -0.15) is 0 Å². The maximum atomic E-state index is 12.8. The third-order valence-electron chi connectivity index (χ3n) is 5.36. The van der Waals surface area contributed by atoms with Crippen LogP contribution in [-0.4, -0.2) is 52.2 Å². The first-order valence-corrected chi connectivity index (χ1v) is 10.6. The molecule has 3 amide bonds. The van der Waals surface area contributed by atoms with Crippen molar-refractivity contribution in [1.29, 1.82) is 0 Å². The summed E-state index contributed by atoms with van der Waals surface area (Å²) in [4.78, 5) is 49.0. The highest BCUT2D eigenvalue weighted by Crippen LogP contribution is 2.33. The summed E-state index contributed by atoms with van der Waals surface area (Å²) in [5.41, 5.74) is -1.03. The Balaban J connectivity index is 2.00. The first kappa shape index (κ1) is 24.0. The highest BCUT2D eigenvalue weighted by Gasteiger charge is 2.37. The molecule has 1 saturated heterocycles. The van der Waals surface area contributed by atoms with Gasteiger partial charge in [-0.25, -0.2) is 9.59 Å². The maximum absolute atomic E-state index is 12.8. The third-order valence-corrected chi connectivity index (χ3v) is 5.36. The van der Waals surface area contributed by atoms with E-state index in [9.17, 15) is 24.3 Å². The van der Waals surface area contributed by atoms with Crippen LogP contribution in [0.25, 0.3) is 0 Å². The van der Waals surface area contributed by atoms with Crippen molar-refractivity contribution >= 4 is 23.9 Å². The molecule has 0 aromatic rings. The Labute approximate surface area is 177 Å². The molecule has 9 nitrogen and oxygen atoms in total. The van der Waals surface area contributed by atoms with Gasteiger partial charge in [-0.15, -0.1) is 0 Å². The number of hydrogen-bond acceptors (Lipinski definition) is 5. The molecular formula is C21H35N3O6. The molecule has 0 bridgehead atoms. The minimum Gasteiger partial charge on any atom is -0.480 e. The van der Waals surface area contributed by atoms with E-state index in [1.807, 2.05) is 13.8 Å². The number of aliphatic carboxylic acids is 1. The molecular weight excluding hydrogens is 390 g/mol. The first-order chi connectivity index (χ1) is 13.8. The van der Waals surface area contributed by atoms with Crippen LogP contribution in [0.3, 0.4) is 0 Å². The van der Waals surface area contributed by atoms with Crippen molar-refractivity contribution in [1.82, 2.24) is 16.0 Å². The average Bonchev–Trinajstić information content (AvgIpc) is 3.37. The van der Waals surface area contributed by atoms with E-state index in [0.29, 0.717) is 18.8 Å². The maximum Gasteiger partial charge on any atom is 0.408 e. The van der Waals surface area contributed by atoms with E-state index in [0.717, 1.165) is 19.3 Å². The molecule has 4 N–H and O–H groups in total. The second-order valence-electron chi connectivity index (χ2n) is 10.1. The summed E-state index contributed by atoms with van der Waals surface area (Å²) in [6, 6.07) is -2.09. The number of piperidine rings is 1. The molecule has 1 aliphatic heterocycles. The molecule has 3 atom stereocenters. The number of hydrogen-bond donors (Lipinski definition) is 4. The van der Waals surface area contributed by atoms with E-state index in [4.69, 9.17) is 4.74 Å². The van der Waals surface area contributed by atoms with E-state index >= 15 is 0 Å². The molecule has 30 heavy (non-hydrogen) atoms. The normalized spacial score (nSPS) is 23.0. The van der Waals surface area contributed by atoms with E-state index in [2.05, 4.69) is 16.0 Å². The number of nitrogens with one attached hydrogen (secondary N) is 3. The molecule has 0 spiro atoms. The lowest BCUT2D eigenvalue weighted by molar-refractivity contribution is -0.143. The van der Waals surface area contributed by atoms with Crippen LogP contribution in [0.15, 0.2) is 0 Å². The Bertz CT molecular complexity index is 681. The van der Waals surface area contributed by atoms with E-state index in [-0.39, 0.29) is 17.9 Å². The fourth-order valence-corrected chi connectivity index (χ4v) is 3.54. The summed E-state index contributed by atoms with van der Waals surface area (Å²) < 4.78 is 5.23. The summed E-state index contributed by atoms with van der Waals surface area (Å²) in [6.45, 7) is 9.00. The molecule has 170 valence electrons. The largest absolute Gasteiger partial charge is 0.480 e. The van der Waals surface area contributed by atoms with Crippen molar-refractivity contribution in [2.24, 2.45) is 11.8 Å². The molecule has 1 saturated carbocycles. The van der Waals surface area contributed by atoms with Gasteiger partial charge in [0, 0.05) is 11.5 Å². The molecule has 9 heteroatoms. The second-order valence-corrected chi connectivity index (χ2v) is 10.1. The monoisotopic (exact) mass is 425 g/mol. The van der Waals surface area contributed by atoms with Crippen LogP contribution in [0.5, 0.6) is 0 Å². The van der Waals surface area contributed by atoms with Crippen molar-refractivity contribution in [3.63, 3.8) is 0 Å². The topological polar surface area (TPSA) is 134 Å². The van der Waals surface area contributed by atoms with Gasteiger partial charge < -0.3 is 25.8 Å². The molecule has 0 aromatic heterocycles. The molecule has 1 heterocycles. The number of amides is 3. The van der Waals surface area contributed by atoms with Crippen LogP contribution in [0.1, 0.15) is 73.1 Å². The number of carboxylic acid groups (broad SMARTS) is 1. The lowest BCUT2D eigenvalue weighted by atomic mass is 9.83. The SMILES string of the molecule is CC1(C)CCC(C[C@H](NC(=O)[C@H](CC2CC2)NC(=O)OC(C)(C)C)C(=O)O)C(=O)N1. The van der Waals surface area contributed by atoms with Crippen LogP contribution in [0.2, 0.25) is 0 Å². The molecule has 1 unspecified atom stereocenters. The van der Waals surface area contributed by atoms with Crippen molar-refractivity contribution in [2.45, 2.75) is 96.4 Å². The van der Waals surface area contributed by atoms with Crippen molar-refractivity contribution < 1.29 is 29.0 Å². The zero-order valence-corrected chi connectivity index (χ0v) is 18.5. The van der Waals surface area contributed by atoms with Gasteiger partial charge in [0.05, 0.1) is 0 Å². The van der Waals surface area contributed by atoms with Gasteiger partial charge in [-0.1, -0.05) is 12.8 Å². The summed E-state index contributed by atoms with van der Waals surface area (Å²) >= 11 is 0. The fourth-order valence-electron chi connectivity index (χ4n) is 3.54. The standard InChI is InChI=1S/C21H35N3O6/c1-20(2,3)30-19(29)23-14(10-12-6-7-12)17(26)22-15(18(27)28)11-13-8-9-21(4,5)24-16(13)25/h12-15H,6-11H2,1-5H3,(H,22,26)(H,23,29)(H,24,25)(H,27,28)/t13?,14-,15-/m0/s1. The Hall–Kier alpha value is -2.32. The van der Waals surface area contributed by atoms with Crippen molar-refractivity contribution in [3.8, 4) is 0 Å². The minimum absolute atomic E-state index is 0.00553. The van der Waals surface area contributed by atoms with E-state index < -0.39 is 41.6 Å². The minimum atomic E-state index is -1.21. The quantitative estimate of drug-likeness (QED) is 0.470. The highest BCUT2D eigenvalue weighted by molar-refractivity contribution is 5.90. The summed E-state index contributed by atoms with van der Waals surface area (Å²) in [7, 11) is 0. The van der Waals surface area contributed by atoms with Gasteiger partial charge >= 0.3 is 12.1 Å². The molecule has 2 fully saturated rings. The van der Waals surface area contributed by atoms with Gasteiger partial charge in [0.2, 0.25) is 11.8 Å².